The number of carbonyl (C=O) groups is 1. The third kappa shape index (κ3) is 35.6. The molecule has 0 spiro atoms. The van der Waals surface area contributed by atoms with E-state index in [0.29, 0.717) is 17.4 Å². The minimum Gasteiger partial charge on any atom is -0.387 e. The number of hydrogen-bond donors (Lipinski definition) is 3. The van der Waals surface area contributed by atoms with Gasteiger partial charge in [-0.05, 0) is 19.3 Å². The molecule has 0 aromatic carbocycles. The zero-order valence-corrected chi connectivity index (χ0v) is 34.5. The summed E-state index contributed by atoms with van der Waals surface area (Å²) in [6, 6.07) is -0.837. The molecule has 1 amide bonds. The van der Waals surface area contributed by atoms with Crippen molar-refractivity contribution in [1.29, 1.82) is 0 Å². The number of amides is 1. The number of carbonyl (C=O) groups excluding carboxylic acids is 1. The Hall–Kier alpha value is -0.760. The van der Waals surface area contributed by atoms with Gasteiger partial charge in [0.1, 0.15) is 13.2 Å². The molecule has 298 valence electrons. The van der Waals surface area contributed by atoms with Crippen LogP contribution in [0.5, 0.6) is 0 Å². The molecule has 0 fully saturated rings. The number of aliphatic hydroxyl groups excluding tert-OH is 1. The van der Waals surface area contributed by atoms with Crippen molar-refractivity contribution in [3.05, 3.63) is 12.2 Å². The molecule has 0 heterocycles. The minimum absolute atomic E-state index is 0.0639. The van der Waals surface area contributed by atoms with Crippen molar-refractivity contribution >= 4 is 13.7 Å². The fourth-order valence-electron chi connectivity index (χ4n) is 6.10. The highest BCUT2D eigenvalue weighted by molar-refractivity contribution is 7.47. The number of phosphoric acid groups is 1. The van der Waals surface area contributed by atoms with Gasteiger partial charge in [0.05, 0.1) is 39.9 Å². The van der Waals surface area contributed by atoms with Crippen LogP contribution in [0.25, 0.3) is 0 Å². The Balaban J connectivity index is 4.26. The fourth-order valence-corrected chi connectivity index (χ4v) is 6.84. The Labute approximate surface area is 310 Å². The minimum atomic E-state index is -4.32. The van der Waals surface area contributed by atoms with Gasteiger partial charge in [-0.2, -0.15) is 0 Å². The van der Waals surface area contributed by atoms with Crippen LogP contribution < -0.4 is 5.32 Å². The lowest BCUT2D eigenvalue weighted by Crippen LogP contribution is -2.45. The second-order valence-corrected chi connectivity index (χ2v) is 17.2. The van der Waals surface area contributed by atoms with E-state index in [-0.39, 0.29) is 19.1 Å². The number of nitrogens with one attached hydrogen (secondary N) is 1. The van der Waals surface area contributed by atoms with Crippen LogP contribution in [-0.2, 0) is 18.4 Å². The van der Waals surface area contributed by atoms with E-state index in [2.05, 4.69) is 19.2 Å². The molecular formula is C41H84N2O6P+. The molecule has 0 aliphatic carbocycles. The predicted molar refractivity (Wildman–Crippen MR) is 212 cm³/mol. The number of rotatable bonds is 38. The summed E-state index contributed by atoms with van der Waals surface area (Å²) < 4.78 is 23.4. The number of hydrogen-bond acceptors (Lipinski definition) is 5. The zero-order chi connectivity index (χ0) is 37.2. The molecule has 9 heteroatoms. The molecule has 0 aliphatic rings. The first kappa shape index (κ1) is 49.2. The van der Waals surface area contributed by atoms with Crippen LogP contribution >= 0.6 is 7.82 Å². The summed E-state index contributed by atoms with van der Waals surface area (Å²) in [7, 11) is 1.58. The molecule has 0 aliphatic heterocycles. The lowest BCUT2D eigenvalue weighted by Gasteiger charge is -2.25. The van der Waals surface area contributed by atoms with Gasteiger partial charge in [0.15, 0.2) is 0 Å². The van der Waals surface area contributed by atoms with Crippen LogP contribution in [0.2, 0.25) is 0 Å². The van der Waals surface area contributed by atoms with E-state index in [4.69, 9.17) is 9.05 Å². The highest BCUT2D eigenvalue weighted by Gasteiger charge is 2.27. The zero-order valence-electron chi connectivity index (χ0n) is 33.7. The summed E-state index contributed by atoms with van der Waals surface area (Å²) in [4.78, 5) is 22.9. The summed E-state index contributed by atoms with van der Waals surface area (Å²) >= 11 is 0. The van der Waals surface area contributed by atoms with Gasteiger partial charge in [-0.1, -0.05) is 180 Å². The smallest absolute Gasteiger partial charge is 0.387 e. The van der Waals surface area contributed by atoms with Crippen molar-refractivity contribution in [3.63, 3.8) is 0 Å². The monoisotopic (exact) mass is 732 g/mol. The predicted octanol–water partition coefficient (Wildman–Crippen LogP) is 11.2. The maximum Gasteiger partial charge on any atom is 0.472 e. The van der Waals surface area contributed by atoms with E-state index >= 15 is 0 Å². The van der Waals surface area contributed by atoms with E-state index in [0.717, 1.165) is 32.1 Å². The molecule has 3 atom stereocenters. The molecule has 3 unspecified atom stereocenters. The first-order valence-electron chi connectivity index (χ1n) is 21.1. The summed E-state index contributed by atoms with van der Waals surface area (Å²) in [5, 5.41) is 13.7. The number of unbranched alkanes of at least 4 members (excludes halogenated alkanes) is 25. The van der Waals surface area contributed by atoms with Crippen molar-refractivity contribution in [3.8, 4) is 0 Å². The van der Waals surface area contributed by atoms with Gasteiger partial charge < -0.3 is 19.8 Å². The third-order valence-electron chi connectivity index (χ3n) is 9.51. The Morgan fingerprint density at radius 3 is 1.48 bits per heavy atom. The molecule has 0 aromatic rings. The molecular weight excluding hydrogens is 647 g/mol. The summed E-state index contributed by atoms with van der Waals surface area (Å²) in [6.45, 7) is 4.77. The van der Waals surface area contributed by atoms with Crippen molar-refractivity contribution < 1.29 is 32.9 Å². The Kier molecular flexibility index (Phi) is 33.5. The Morgan fingerprint density at radius 1 is 0.660 bits per heavy atom. The molecule has 0 saturated carbocycles. The van der Waals surface area contributed by atoms with E-state index in [1.807, 2.05) is 27.2 Å². The first-order valence-corrected chi connectivity index (χ1v) is 22.6. The van der Waals surface area contributed by atoms with Crippen LogP contribution in [0.4, 0.5) is 0 Å². The Morgan fingerprint density at radius 2 is 1.06 bits per heavy atom. The number of aliphatic hydroxyl groups is 1. The van der Waals surface area contributed by atoms with Crippen LogP contribution in [0, 0.1) is 0 Å². The lowest BCUT2D eigenvalue weighted by molar-refractivity contribution is -0.870. The van der Waals surface area contributed by atoms with Crippen LogP contribution in [0.3, 0.4) is 0 Å². The summed E-state index contributed by atoms with van der Waals surface area (Å²) in [5.41, 5.74) is 0. The van der Waals surface area contributed by atoms with Gasteiger partial charge in [-0.25, -0.2) is 4.57 Å². The number of phosphoric ester groups is 1. The fraction of sp³-hybridized carbons (Fsp3) is 0.927. The molecule has 0 bridgehead atoms. The number of quaternary nitrogens is 1. The van der Waals surface area contributed by atoms with Crippen LogP contribution in [0.1, 0.15) is 194 Å². The molecule has 50 heavy (non-hydrogen) atoms. The topological polar surface area (TPSA) is 105 Å². The van der Waals surface area contributed by atoms with Gasteiger partial charge in [-0.15, -0.1) is 0 Å². The first-order chi connectivity index (χ1) is 24.0. The molecule has 8 nitrogen and oxygen atoms in total. The van der Waals surface area contributed by atoms with Crippen LogP contribution in [0.15, 0.2) is 12.2 Å². The highest BCUT2D eigenvalue weighted by Crippen LogP contribution is 2.43. The highest BCUT2D eigenvalue weighted by atomic mass is 31.2. The number of allylic oxidation sites excluding steroid dienone is 1. The second-order valence-electron chi connectivity index (χ2n) is 15.7. The average molecular weight is 732 g/mol. The standard InChI is InChI=1S/C41H83N2O6P/c1-6-8-10-12-14-15-16-17-18-19-20-21-22-23-24-25-26-27-29-30-32-34-40(44)39(38-49-50(46,47)48-37-36-43(3,4)5)42-41(45)35-33-31-28-13-11-9-7-2/h32,34,39-40,44H,6-31,33,35-38H2,1-5H3,(H-,42,45,46,47)/p+1/b34-32+. The molecule has 0 saturated heterocycles. The lowest BCUT2D eigenvalue weighted by atomic mass is 10.0. The van der Waals surface area contributed by atoms with Gasteiger partial charge in [0, 0.05) is 6.42 Å². The van der Waals surface area contributed by atoms with Gasteiger partial charge in [-0.3, -0.25) is 13.8 Å². The van der Waals surface area contributed by atoms with Crippen molar-refractivity contribution in [2.75, 3.05) is 40.9 Å². The van der Waals surface area contributed by atoms with Gasteiger partial charge in [0.25, 0.3) is 0 Å². The molecule has 3 N–H and O–H groups in total. The summed E-state index contributed by atoms with van der Waals surface area (Å²) in [5.74, 6) is -0.183. The number of likely N-dealkylation sites (N-methyl/N-ethyl adjacent to an activating group) is 1. The van der Waals surface area contributed by atoms with Crippen LogP contribution in [-0.4, -0.2) is 73.4 Å². The van der Waals surface area contributed by atoms with E-state index in [1.165, 1.54) is 141 Å². The molecule has 0 radical (unpaired) electrons. The molecule has 0 rings (SSSR count). The third-order valence-corrected chi connectivity index (χ3v) is 10.5. The SMILES string of the molecule is CCCCCCCCCCCCCCCCCCCCC/C=C/C(O)C(COP(=O)(O)OCC[N+](C)(C)C)NC(=O)CCCCCCCCC. The second kappa shape index (κ2) is 34.0. The van der Waals surface area contributed by atoms with E-state index < -0.39 is 20.0 Å². The maximum absolute atomic E-state index is 12.7. The Bertz CT molecular complexity index is 834. The van der Waals surface area contributed by atoms with Gasteiger partial charge in [0.2, 0.25) is 5.91 Å². The van der Waals surface area contributed by atoms with E-state index in [9.17, 15) is 19.4 Å². The van der Waals surface area contributed by atoms with Crippen molar-refractivity contribution in [2.45, 2.75) is 206 Å². The molecule has 0 aromatic heterocycles. The van der Waals surface area contributed by atoms with E-state index in [1.54, 1.807) is 6.08 Å². The quantitative estimate of drug-likeness (QED) is 0.0253. The van der Waals surface area contributed by atoms with Crippen molar-refractivity contribution in [1.82, 2.24) is 5.32 Å². The summed E-state index contributed by atoms with van der Waals surface area (Å²) in [6.07, 6.45) is 37.3. The largest absolute Gasteiger partial charge is 0.472 e. The maximum atomic E-state index is 12.7. The average Bonchev–Trinajstić information content (AvgIpc) is 3.06. The van der Waals surface area contributed by atoms with Crippen molar-refractivity contribution in [2.24, 2.45) is 0 Å². The van der Waals surface area contributed by atoms with Gasteiger partial charge >= 0.3 is 7.82 Å². The number of nitrogens with zero attached hydrogens (tertiary/aromatic N) is 1. The normalized spacial score (nSPS) is 14.6.